The lowest BCUT2D eigenvalue weighted by Crippen LogP contribution is -2.39. The van der Waals surface area contributed by atoms with Crippen LogP contribution in [0.5, 0.6) is 0 Å². The van der Waals surface area contributed by atoms with Gasteiger partial charge in [0.15, 0.2) is 6.61 Å². The van der Waals surface area contributed by atoms with Crippen molar-refractivity contribution in [2.45, 2.75) is 32.9 Å². The van der Waals surface area contributed by atoms with Crippen molar-refractivity contribution < 1.29 is 19.1 Å². The Morgan fingerprint density at radius 1 is 1.16 bits per heavy atom. The number of amides is 3. The van der Waals surface area contributed by atoms with Crippen LogP contribution in [0.25, 0.3) is 0 Å². The molecule has 0 radical (unpaired) electrons. The maximum absolute atomic E-state index is 11.8. The second kappa shape index (κ2) is 10.6. The molecule has 0 aliphatic rings. The van der Waals surface area contributed by atoms with Crippen molar-refractivity contribution in [2.75, 3.05) is 13.2 Å². The minimum atomic E-state index is -0.618. The van der Waals surface area contributed by atoms with E-state index >= 15 is 0 Å². The molecule has 0 fully saturated rings. The average molecular weight is 346 g/mol. The predicted molar refractivity (Wildman–Crippen MR) is 90.5 cm³/mol. The molecule has 3 amide bonds. The van der Waals surface area contributed by atoms with Crippen LogP contribution in [-0.2, 0) is 16.1 Å². The Hall–Kier alpha value is -3.08. The Labute approximate surface area is 146 Å². The Balaban J connectivity index is 2.39. The van der Waals surface area contributed by atoms with Crippen molar-refractivity contribution >= 4 is 17.9 Å². The molecule has 0 bridgehead atoms. The number of nitrogens with one attached hydrogen (secondary N) is 3. The van der Waals surface area contributed by atoms with Gasteiger partial charge in [0.2, 0.25) is 0 Å². The molecule has 0 unspecified atom stereocenters. The highest BCUT2D eigenvalue weighted by molar-refractivity contribution is 5.91. The number of ether oxygens (including phenoxy) is 1. The number of nitrogens with zero attached hydrogens (tertiary/aromatic N) is 1. The molecule has 134 valence electrons. The highest BCUT2D eigenvalue weighted by Gasteiger charge is 2.10. The first-order chi connectivity index (χ1) is 11.9. The molecule has 0 heterocycles. The fourth-order valence-electron chi connectivity index (χ4n) is 1.78. The van der Waals surface area contributed by atoms with Crippen LogP contribution in [0.15, 0.2) is 24.3 Å². The summed E-state index contributed by atoms with van der Waals surface area (Å²) >= 11 is 0. The highest BCUT2D eigenvalue weighted by Crippen LogP contribution is 2.06. The summed E-state index contributed by atoms with van der Waals surface area (Å²) in [5, 5.41) is 16.2. The first-order valence-electron chi connectivity index (χ1n) is 7.86. The molecule has 8 nitrogen and oxygen atoms in total. The SMILES string of the molecule is CC(C)NC(=O)NCc1ccc(C(=O)OCC(=O)NCCC#N)cc1. The zero-order valence-corrected chi connectivity index (χ0v) is 14.3. The topological polar surface area (TPSA) is 120 Å². The molecule has 8 heteroatoms. The van der Waals surface area contributed by atoms with Crippen molar-refractivity contribution in [3.8, 4) is 6.07 Å². The van der Waals surface area contributed by atoms with Crippen molar-refractivity contribution in [2.24, 2.45) is 0 Å². The van der Waals surface area contributed by atoms with E-state index in [1.807, 2.05) is 19.9 Å². The fraction of sp³-hybridized carbons (Fsp3) is 0.412. The van der Waals surface area contributed by atoms with E-state index in [9.17, 15) is 14.4 Å². The minimum Gasteiger partial charge on any atom is -0.452 e. The van der Waals surface area contributed by atoms with Crippen molar-refractivity contribution in [1.82, 2.24) is 16.0 Å². The van der Waals surface area contributed by atoms with Gasteiger partial charge in [-0.15, -0.1) is 0 Å². The molecule has 1 aromatic carbocycles. The first kappa shape index (κ1) is 20.0. The van der Waals surface area contributed by atoms with E-state index in [4.69, 9.17) is 10.00 Å². The van der Waals surface area contributed by atoms with Gasteiger partial charge in [0.1, 0.15) is 0 Å². The first-order valence-corrected chi connectivity index (χ1v) is 7.86. The summed E-state index contributed by atoms with van der Waals surface area (Å²) in [7, 11) is 0. The average Bonchev–Trinajstić information content (AvgIpc) is 2.58. The van der Waals surface area contributed by atoms with Crippen LogP contribution in [0.1, 0.15) is 36.2 Å². The third-order valence-electron chi connectivity index (χ3n) is 2.96. The van der Waals surface area contributed by atoms with Gasteiger partial charge < -0.3 is 20.7 Å². The number of nitriles is 1. The molecule has 0 aliphatic heterocycles. The van der Waals surface area contributed by atoms with Crippen LogP contribution in [0.2, 0.25) is 0 Å². The molecule has 0 aromatic heterocycles. The summed E-state index contributed by atoms with van der Waals surface area (Å²) in [4.78, 5) is 34.7. The minimum absolute atomic E-state index is 0.0502. The van der Waals surface area contributed by atoms with E-state index in [-0.39, 0.29) is 25.0 Å². The molecular weight excluding hydrogens is 324 g/mol. The van der Waals surface area contributed by atoms with E-state index in [0.29, 0.717) is 12.1 Å². The summed E-state index contributed by atoms with van der Waals surface area (Å²) in [6.45, 7) is 3.88. The van der Waals surface area contributed by atoms with Crippen LogP contribution in [0.3, 0.4) is 0 Å². The molecule has 0 saturated heterocycles. The van der Waals surface area contributed by atoms with Gasteiger partial charge in [-0.05, 0) is 31.5 Å². The zero-order chi connectivity index (χ0) is 18.7. The van der Waals surface area contributed by atoms with Crippen LogP contribution in [-0.4, -0.2) is 37.1 Å². The maximum Gasteiger partial charge on any atom is 0.338 e. The largest absolute Gasteiger partial charge is 0.452 e. The summed E-state index contributed by atoms with van der Waals surface area (Å²) in [5.74, 6) is -1.08. The number of rotatable bonds is 8. The molecule has 0 spiro atoms. The lowest BCUT2D eigenvalue weighted by atomic mass is 10.1. The Bertz CT molecular complexity index is 635. The fourth-order valence-corrected chi connectivity index (χ4v) is 1.78. The summed E-state index contributed by atoms with van der Waals surface area (Å²) in [6.07, 6.45) is 0.199. The normalized spacial score (nSPS) is 9.84. The number of esters is 1. The van der Waals surface area contributed by atoms with Gasteiger partial charge in [0.05, 0.1) is 18.1 Å². The van der Waals surface area contributed by atoms with Crippen LogP contribution >= 0.6 is 0 Å². The monoisotopic (exact) mass is 346 g/mol. The van der Waals surface area contributed by atoms with E-state index in [2.05, 4.69) is 16.0 Å². The second-order valence-electron chi connectivity index (χ2n) is 5.51. The van der Waals surface area contributed by atoms with Gasteiger partial charge in [-0.1, -0.05) is 12.1 Å². The Morgan fingerprint density at radius 2 is 1.84 bits per heavy atom. The van der Waals surface area contributed by atoms with Crippen LogP contribution in [0.4, 0.5) is 4.79 Å². The molecule has 1 aromatic rings. The lowest BCUT2D eigenvalue weighted by molar-refractivity contribution is -0.124. The predicted octanol–water partition coefficient (Wildman–Crippen LogP) is 1.08. The van der Waals surface area contributed by atoms with Gasteiger partial charge in [0, 0.05) is 19.1 Å². The number of carbonyl (C=O) groups excluding carboxylic acids is 3. The van der Waals surface area contributed by atoms with Gasteiger partial charge in [0.25, 0.3) is 5.91 Å². The van der Waals surface area contributed by atoms with Crippen LogP contribution in [0, 0.1) is 11.3 Å². The Kier molecular flexibility index (Phi) is 8.50. The third kappa shape index (κ3) is 8.37. The zero-order valence-electron chi connectivity index (χ0n) is 14.3. The van der Waals surface area contributed by atoms with Crippen molar-refractivity contribution in [3.05, 3.63) is 35.4 Å². The Morgan fingerprint density at radius 3 is 2.44 bits per heavy atom. The van der Waals surface area contributed by atoms with E-state index in [0.717, 1.165) is 5.56 Å². The van der Waals surface area contributed by atoms with E-state index < -0.39 is 18.5 Å². The molecule has 3 N–H and O–H groups in total. The van der Waals surface area contributed by atoms with Gasteiger partial charge >= 0.3 is 12.0 Å². The molecule has 0 atom stereocenters. The molecular formula is C17H22N4O4. The lowest BCUT2D eigenvalue weighted by Gasteiger charge is -2.10. The smallest absolute Gasteiger partial charge is 0.338 e. The van der Waals surface area contributed by atoms with Gasteiger partial charge in [-0.2, -0.15) is 5.26 Å². The van der Waals surface area contributed by atoms with Gasteiger partial charge in [-0.25, -0.2) is 9.59 Å². The van der Waals surface area contributed by atoms with Crippen LogP contribution < -0.4 is 16.0 Å². The van der Waals surface area contributed by atoms with Gasteiger partial charge in [-0.3, -0.25) is 4.79 Å². The van der Waals surface area contributed by atoms with Crippen molar-refractivity contribution in [3.63, 3.8) is 0 Å². The van der Waals surface area contributed by atoms with E-state index in [1.165, 1.54) is 0 Å². The van der Waals surface area contributed by atoms with E-state index in [1.54, 1.807) is 24.3 Å². The molecule has 0 saturated carbocycles. The second-order valence-corrected chi connectivity index (χ2v) is 5.51. The summed E-state index contributed by atoms with van der Waals surface area (Å²) in [5.41, 5.74) is 1.13. The number of hydrogen-bond donors (Lipinski definition) is 3. The van der Waals surface area contributed by atoms with Crippen molar-refractivity contribution in [1.29, 1.82) is 5.26 Å². The summed E-state index contributed by atoms with van der Waals surface area (Å²) < 4.78 is 4.89. The number of urea groups is 1. The third-order valence-corrected chi connectivity index (χ3v) is 2.96. The standard InChI is InChI=1S/C17H22N4O4/c1-12(2)21-17(24)20-10-13-4-6-14(7-5-13)16(23)25-11-15(22)19-9-3-8-18/h4-7,12H,3,9-11H2,1-2H3,(H,19,22)(H2,20,21,24). The molecule has 0 aliphatic carbocycles. The number of benzene rings is 1. The molecule has 1 rings (SSSR count). The molecule has 25 heavy (non-hydrogen) atoms. The quantitative estimate of drug-likeness (QED) is 0.480. The highest BCUT2D eigenvalue weighted by atomic mass is 16.5. The summed E-state index contributed by atoms with van der Waals surface area (Å²) in [6, 6.07) is 8.19. The number of hydrogen-bond acceptors (Lipinski definition) is 5. The number of carbonyl (C=O) groups is 3. The maximum atomic E-state index is 11.8.